The van der Waals surface area contributed by atoms with E-state index in [-0.39, 0.29) is 23.2 Å². The predicted molar refractivity (Wildman–Crippen MR) is 133 cm³/mol. The molecule has 0 radical (unpaired) electrons. The first-order chi connectivity index (χ1) is 16.4. The number of hydrogen-bond acceptors (Lipinski definition) is 8. The van der Waals surface area contributed by atoms with E-state index in [4.69, 9.17) is 26.4 Å². The molecule has 3 aliphatic rings. The Morgan fingerprint density at radius 3 is 2.35 bits per heavy atom. The average Bonchev–Trinajstić information content (AvgIpc) is 2.86. The molecule has 0 spiro atoms. The molecular weight excluding hydrogens is 476 g/mol. The number of morpholine rings is 1. The van der Waals surface area contributed by atoms with Crippen LogP contribution in [0.15, 0.2) is 12.1 Å². The van der Waals surface area contributed by atoms with Crippen LogP contribution in [0.4, 0.5) is 0 Å². The van der Waals surface area contributed by atoms with E-state index in [0.717, 1.165) is 11.1 Å². The van der Waals surface area contributed by atoms with Gasteiger partial charge in [0.1, 0.15) is 21.8 Å². The van der Waals surface area contributed by atoms with Gasteiger partial charge in [-0.25, -0.2) is 0 Å². The molecule has 0 aromatic heterocycles. The van der Waals surface area contributed by atoms with Gasteiger partial charge in [-0.2, -0.15) is 0 Å². The molecule has 1 aromatic rings. The highest BCUT2D eigenvalue weighted by molar-refractivity contribution is 8.23. The van der Waals surface area contributed by atoms with E-state index in [2.05, 4.69) is 0 Å². The Morgan fingerprint density at radius 2 is 1.71 bits per heavy atom. The maximum atomic E-state index is 13.5. The van der Waals surface area contributed by atoms with Crippen molar-refractivity contribution >= 4 is 45.8 Å². The maximum absolute atomic E-state index is 13.5. The number of ether oxygens (including phenoxy) is 3. The van der Waals surface area contributed by atoms with Crippen molar-refractivity contribution in [3.05, 3.63) is 23.3 Å². The van der Waals surface area contributed by atoms with Gasteiger partial charge in [-0.3, -0.25) is 14.4 Å². The van der Waals surface area contributed by atoms with E-state index in [9.17, 15) is 14.4 Å². The van der Waals surface area contributed by atoms with Gasteiger partial charge in [-0.1, -0.05) is 24.0 Å². The van der Waals surface area contributed by atoms with Crippen molar-refractivity contribution in [2.45, 2.75) is 31.7 Å². The number of thioether (sulfide) groups is 1. The molecule has 1 atom stereocenters. The van der Waals surface area contributed by atoms with Crippen LogP contribution in [0.3, 0.4) is 0 Å². The summed E-state index contributed by atoms with van der Waals surface area (Å²) in [5.41, 5.74) is 1.75. The Balaban J connectivity index is 1.62. The lowest BCUT2D eigenvalue weighted by Gasteiger charge is -2.42. The van der Waals surface area contributed by atoms with Gasteiger partial charge in [-0.15, -0.1) is 0 Å². The third kappa shape index (κ3) is 5.08. The van der Waals surface area contributed by atoms with E-state index in [1.54, 1.807) is 19.1 Å². The molecule has 1 saturated carbocycles. The third-order valence-electron chi connectivity index (χ3n) is 6.69. The minimum atomic E-state index is -0.856. The monoisotopic (exact) mass is 506 g/mol. The number of carbonyl (C=O) groups excluding carboxylic acids is 3. The second-order valence-electron chi connectivity index (χ2n) is 8.61. The van der Waals surface area contributed by atoms with Gasteiger partial charge in [0.05, 0.1) is 39.2 Å². The van der Waals surface area contributed by atoms with Crippen molar-refractivity contribution in [1.82, 2.24) is 9.80 Å². The van der Waals surface area contributed by atoms with Crippen LogP contribution < -0.4 is 9.47 Å². The molecule has 10 heteroatoms. The highest BCUT2D eigenvalue weighted by Crippen LogP contribution is 2.43. The molecule has 0 unspecified atom stereocenters. The zero-order valence-corrected chi connectivity index (χ0v) is 21.2. The first-order valence-corrected chi connectivity index (χ1v) is 12.9. The van der Waals surface area contributed by atoms with E-state index >= 15 is 0 Å². The molecule has 1 amide bonds. The maximum Gasteiger partial charge on any atom is 0.233 e. The normalized spacial score (nSPS) is 21.3. The fourth-order valence-corrected chi connectivity index (χ4v) is 6.08. The fourth-order valence-electron chi connectivity index (χ4n) is 4.94. The molecule has 2 aliphatic heterocycles. The van der Waals surface area contributed by atoms with Crippen molar-refractivity contribution in [3.63, 3.8) is 0 Å². The zero-order valence-electron chi connectivity index (χ0n) is 19.5. The van der Waals surface area contributed by atoms with Gasteiger partial charge in [-0.05, 0) is 36.1 Å². The van der Waals surface area contributed by atoms with E-state index in [0.29, 0.717) is 74.4 Å². The molecule has 8 nitrogen and oxygen atoms in total. The minimum Gasteiger partial charge on any atom is -0.493 e. The molecule has 2 fully saturated rings. The van der Waals surface area contributed by atoms with E-state index in [1.807, 2.05) is 17.0 Å². The van der Waals surface area contributed by atoms with Gasteiger partial charge >= 0.3 is 0 Å². The van der Waals surface area contributed by atoms with Gasteiger partial charge in [0.2, 0.25) is 5.91 Å². The number of methoxy groups -OCH3 is 2. The topological polar surface area (TPSA) is 85.4 Å². The van der Waals surface area contributed by atoms with Crippen LogP contribution in [0.5, 0.6) is 11.5 Å². The number of nitrogens with zero attached hydrogens (tertiary/aromatic N) is 2. The Kier molecular flexibility index (Phi) is 8.10. The summed E-state index contributed by atoms with van der Waals surface area (Å²) in [6.07, 6.45) is 1.88. The number of thiocarbonyl (C=S) groups is 1. The fraction of sp³-hybridized carbons (Fsp3) is 0.583. The summed E-state index contributed by atoms with van der Waals surface area (Å²) in [6, 6.07) is 3.07. The highest BCUT2D eigenvalue weighted by atomic mass is 32.2. The number of fused-ring (bicyclic) bond motifs is 1. The first kappa shape index (κ1) is 24.9. The summed E-state index contributed by atoms with van der Waals surface area (Å²) in [4.78, 5) is 43.2. The summed E-state index contributed by atoms with van der Waals surface area (Å²) >= 11 is 6.86. The van der Waals surface area contributed by atoms with Crippen LogP contribution >= 0.6 is 24.0 Å². The summed E-state index contributed by atoms with van der Waals surface area (Å²) in [6.45, 7) is 3.10. The second kappa shape index (κ2) is 11.0. The van der Waals surface area contributed by atoms with E-state index < -0.39 is 12.0 Å². The Morgan fingerprint density at radius 1 is 1.06 bits per heavy atom. The number of ketones is 2. The van der Waals surface area contributed by atoms with Gasteiger partial charge < -0.3 is 24.0 Å². The van der Waals surface area contributed by atoms with Crippen LogP contribution in [0, 0.1) is 5.92 Å². The quantitative estimate of drug-likeness (QED) is 0.441. The molecular formula is C24H30N2O6S2. The van der Waals surface area contributed by atoms with Crippen LogP contribution in [0.25, 0.3) is 0 Å². The number of hydrogen-bond donors (Lipinski definition) is 0. The summed E-state index contributed by atoms with van der Waals surface area (Å²) in [5, 5.41) is 0. The predicted octanol–water partition coefficient (Wildman–Crippen LogP) is 2.42. The molecule has 1 saturated heterocycles. The average molecular weight is 507 g/mol. The van der Waals surface area contributed by atoms with E-state index in [1.165, 1.54) is 11.8 Å². The number of rotatable bonds is 5. The van der Waals surface area contributed by atoms with Crippen molar-refractivity contribution in [3.8, 4) is 11.5 Å². The van der Waals surface area contributed by atoms with Crippen molar-refractivity contribution in [1.29, 1.82) is 0 Å². The summed E-state index contributed by atoms with van der Waals surface area (Å²) in [7, 11) is 3.12. The number of amides is 1. The Labute approximate surface area is 209 Å². The highest BCUT2D eigenvalue weighted by Gasteiger charge is 2.44. The van der Waals surface area contributed by atoms with Crippen molar-refractivity contribution in [2.75, 3.05) is 52.8 Å². The van der Waals surface area contributed by atoms with Crippen LogP contribution in [-0.2, 0) is 25.5 Å². The van der Waals surface area contributed by atoms with Gasteiger partial charge in [0, 0.05) is 32.5 Å². The lowest BCUT2D eigenvalue weighted by molar-refractivity contribution is -0.142. The largest absolute Gasteiger partial charge is 0.493 e. The van der Waals surface area contributed by atoms with Gasteiger partial charge in [0.15, 0.2) is 11.5 Å². The summed E-state index contributed by atoms with van der Waals surface area (Å²) in [5.74, 6) is 0.0796. The van der Waals surface area contributed by atoms with Crippen LogP contribution in [-0.4, -0.2) is 84.4 Å². The van der Waals surface area contributed by atoms with Crippen molar-refractivity contribution in [2.24, 2.45) is 5.92 Å². The molecule has 0 bridgehead atoms. The molecule has 184 valence electrons. The number of benzene rings is 1. The van der Waals surface area contributed by atoms with Crippen LogP contribution in [0.2, 0.25) is 0 Å². The molecule has 4 rings (SSSR count). The molecule has 1 aromatic carbocycles. The smallest absolute Gasteiger partial charge is 0.233 e. The standard InChI is InChI=1S/C24H30N2O6S2/c1-30-19-12-15-6-7-26(21(29)14-34-24(33)25-8-10-32-11-9-25)23(16(15)13-20(19)31-2)22-17(27)4-3-5-18(22)28/h12-13,22-23H,3-11,14H2,1-2H3/t23-/m1/s1. The SMILES string of the molecule is COc1cc2c(cc1OC)[C@H](C1C(=O)CCCC1=O)N(C(=O)CSC(=S)N1CCOCC1)CC2. The Hall–Kier alpha value is -2.17. The Bertz CT molecular complexity index is 962. The minimum absolute atomic E-state index is 0.0989. The molecule has 34 heavy (non-hydrogen) atoms. The van der Waals surface area contributed by atoms with Gasteiger partial charge in [0.25, 0.3) is 0 Å². The van der Waals surface area contributed by atoms with Crippen molar-refractivity contribution < 1.29 is 28.6 Å². The zero-order chi connectivity index (χ0) is 24.2. The molecule has 1 aliphatic carbocycles. The lowest BCUT2D eigenvalue weighted by atomic mass is 9.75. The molecule has 2 heterocycles. The molecule has 0 N–H and O–H groups in total. The number of carbonyl (C=O) groups is 3. The lowest BCUT2D eigenvalue weighted by Crippen LogP contribution is -2.49. The number of Topliss-reactive ketones (excluding diaryl/α,β-unsaturated/α-hetero) is 2. The van der Waals surface area contributed by atoms with Crippen LogP contribution in [0.1, 0.15) is 36.4 Å². The summed E-state index contributed by atoms with van der Waals surface area (Å²) < 4.78 is 17.0. The second-order valence-corrected chi connectivity index (χ2v) is 10.2. The third-order valence-corrected chi connectivity index (χ3v) is 8.19. The first-order valence-electron chi connectivity index (χ1n) is 11.5.